The number of ether oxygens (including phenoxy) is 2. The van der Waals surface area contributed by atoms with Gasteiger partial charge in [-0.15, -0.1) is 0 Å². The molecule has 0 saturated heterocycles. The fraction of sp³-hybridized carbons (Fsp3) is 0.478. The van der Waals surface area contributed by atoms with Gasteiger partial charge in [-0.25, -0.2) is 20.0 Å². The van der Waals surface area contributed by atoms with Crippen molar-refractivity contribution in [1.29, 1.82) is 0 Å². The maximum atomic E-state index is 13.7. The van der Waals surface area contributed by atoms with Gasteiger partial charge in [-0.3, -0.25) is 9.36 Å². The normalized spacial score (nSPS) is 14.9. The first-order chi connectivity index (χ1) is 16.7. The molecule has 0 aliphatic rings. The molecule has 0 unspecified atom stereocenters. The van der Waals surface area contributed by atoms with E-state index in [-0.39, 0.29) is 18.6 Å². The largest absolute Gasteiger partial charge is 0.462 e. The van der Waals surface area contributed by atoms with Crippen molar-refractivity contribution in [3.8, 4) is 5.75 Å². The van der Waals surface area contributed by atoms with E-state index in [1.54, 1.807) is 51.4 Å². The Morgan fingerprint density at radius 3 is 2.54 bits per heavy atom. The lowest BCUT2D eigenvalue weighted by Gasteiger charge is -2.25. The van der Waals surface area contributed by atoms with E-state index in [1.165, 1.54) is 6.33 Å². The molecule has 0 bridgehead atoms. The third-order valence-corrected chi connectivity index (χ3v) is 6.60. The van der Waals surface area contributed by atoms with Crippen molar-refractivity contribution in [2.75, 3.05) is 18.2 Å². The Bertz CT molecular complexity index is 1160. The predicted octanol–water partition coefficient (Wildman–Crippen LogP) is 3.82. The van der Waals surface area contributed by atoms with Gasteiger partial charge in [0.25, 0.3) is 0 Å². The number of carbonyl (C=O) groups excluding carboxylic acids is 1. The quantitative estimate of drug-likeness (QED) is 0.262. The second-order valence-electron chi connectivity index (χ2n) is 8.34. The van der Waals surface area contributed by atoms with Crippen LogP contribution in [-0.2, 0) is 25.4 Å². The first-order valence-electron chi connectivity index (χ1n) is 11.5. The molecular weight excluding hydrogens is 471 g/mol. The molecule has 0 amide bonds. The molecule has 11 nitrogen and oxygen atoms in total. The monoisotopic (exact) mass is 504 g/mol. The standard InChI is InChI=1S/C23H33N6O5P/c1-6-24-21-20-22(26-13-25-21)29(14-27-20)12-17(4)32-15-35(31,34-19-10-8-7-9-11-19)28-18(5)23(30)33-16(2)3/h7-11,13-14,16-18H,6,12,15H2,1-5H3,(H,28,31)(H,24,25,26)/t17-,18-,35+/m1/s1. The van der Waals surface area contributed by atoms with Crippen molar-refractivity contribution in [2.24, 2.45) is 0 Å². The number of hydrogen-bond acceptors (Lipinski definition) is 9. The number of anilines is 1. The van der Waals surface area contributed by atoms with Crippen LogP contribution in [0.5, 0.6) is 5.75 Å². The molecule has 0 fully saturated rings. The van der Waals surface area contributed by atoms with Crippen LogP contribution in [0.1, 0.15) is 34.6 Å². The molecule has 0 aliphatic carbocycles. The lowest BCUT2D eigenvalue weighted by Crippen LogP contribution is -2.37. The van der Waals surface area contributed by atoms with E-state index in [1.807, 2.05) is 24.5 Å². The third-order valence-electron chi connectivity index (χ3n) is 4.82. The summed E-state index contributed by atoms with van der Waals surface area (Å²) in [7, 11) is -3.64. The number of nitrogens with one attached hydrogen (secondary N) is 2. The van der Waals surface area contributed by atoms with Gasteiger partial charge in [0.05, 0.1) is 25.1 Å². The van der Waals surface area contributed by atoms with E-state index in [0.717, 1.165) is 0 Å². The number of benzene rings is 1. The van der Waals surface area contributed by atoms with Crippen molar-refractivity contribution in [1.82, 2.24) is 24.6 Å². The summed E-state index contributed by atoms with van der Waals surface area (Å²) in [5, 5.41) is 5.96. The number of rotatable bonds is 13. The van der Waals surface area contributed by atoms with Gasteiger partial charge in [0.1, 0.15) is 30.0 Å². The Balaban J connectivity index is 1.70. The molecule has 3 aromatic rings. The average molecular weight is 505 g/mol. The first kappa shape index (κ1) is 26.6. The van der Waals surface area contributed by atoms with Crippen LogP contribution >= 0.6 is 7.52 Å². The minimum atomic E-state index is -3.64. The van der Waals surface area contributed by atoms with Crippen LogP contribution in [0.2, 0.25) is 0 Å². The number of nitrogens with zero attached hydrogens (tertiary/aromatic N) is 4. The van der Waals surface area contributed by atoms with Crippen LogP contribution in [0.3, 0.4) is 0 Å². The summed E-state index contributed by atoms with van der Waals surface area (Å²) in [5.74, 6) is 0.542. The smallest absolute Gasteiger partial charge is 0.342 e. The Labute approximate surface area is 205 Å². The zero-order valence-electron chi connectivity index (χ0n) is 20.7. The fourth-order valence-electron chi connectivity index (χ4n) is 3.29. The topological polar surface area (TPSA) is 129 Å². The molecule has 0 spiro atoms. The van der Waals surface area contributed by atoms with E-state index in [9.17, 15) is 9.36 Å². The van der Waals surface area contributed by atoms with Gasteiger partial charge in [-0.2, -0.15) is 0 Å². The van der Waals surface area contributed by atoms with Crippen molar-refractivity contribution in [3.05, 3.63) is 43.0 Å². The van der Waals surface area contributed by atoms with Crippen molar-refractivity contribution in [3.63, 3.8) is 0 Å². The van der Waals surface area contributed by atoms with Crippen LogP contribution in [0.15, 0.2) is 43.0 Å². The number of carbonyl (C=O) groups is 1. The highest BCUT2D eigenvalue weighted by Gasteiger charge is 2.32. The van der Waals surface area contributed by atoms with Gasteiger partial charge in [-0.05, 0) is 46.8 Å². The van der Waals surface area contributed by atoms with Crippen molar-refractivity contribution in [2.45, 2.75) is 59.4 Å². The summed E-state index contributed by atoms with van der Waals surface area (Å²) >= 11 is 0. The van der Waals surface area contributed by atoms with Gasteiger partial charge in [0.15, 0.2) is 11.5 Å². The fourth-order valence-corrected chi connectivity index (χ4v) is 5.08. The van der Waals surface area contributed by atoms with Crippen LogP contribution < -0.4 is 14.9 Å². The molecule has 0 saturated carbocycles. The summed E-state index contributed by atoms with van der Waals surface area (Å²) in [6.07, 6.45) is 2.24. The van der Waals surface area contributed by atoms with Crippen LogP contribution in [0.25, 0.3) is 11.2 Å². The summed E-state index contributed by atoms with van der Waals surface area (Å²) in [6.45, 7) is 10.0. The van der Waals surface area contributed by atoms with Crippen LogP contribution in [0, 0.1) is 0 Å². The molecule has 190 valence electrons. The number of fused-ring (bicyclic) bond motifs is 1. The molecule has 0 radical (unpaired) electrons. The lowest BCUT2D eigenvalue weighted by molar-refractivity contribution is -0.149. The van der Waals surface area contributed by atoms with Crippen molar-refractivity contribution >= 4 is 30.5 Å². The third kappa shape index (κ3) is 7.48. The summed E-state index contributed by atoms with van der Waals surface area (Å²) in [5.41, 5.74) is 1.33. The van der Waals surface area contributed by atoms with E-state index >= 15 is 0 Å². The van der Waals surface area contributed by atoms with Gasteiger partial charge in [0.2, 0.25) is 0 Å². The van der Waals surface area contributed by atoms with E-state index in [4.69, 9.17) is 14.0 Å². The minimum Gasteiger partial charge on any atom is -0.462 e. The molecule has 0 aliphatic heterocycles. The molecule has 3 atom stereocenters. The molecule has 2 aromatic heterocycles. The van der Waals surface area contributed by atoms with Gasteiger partial charge in [0, 0.05) is 6.54 Å². The van der Waals surface area contributed by atoms with E-state index < -0.39 is 19.5 Å². The van der Waals surface area contributed by atoms with Crippen molar-refractivity contribution < 1.29 is 23.4 Å². The summed E-state index contributed by atoms with van der Waals surface area (Å²) in [6, 6.07) is 7.89. The highest BCUT2D eigenvalue weighted by molar-refractivity contribution is 7.57. The summed E-state index contributed by atoms with van der Waals surface area (Å²) < 4.78 is 32.5. The molecule has 1 aromatic carbocycles. The maximum absolute atomic E-state index is 13.7. The number of imidazole rings is 1. The Hall–Kier alpha value is -3.01. The second kappa shape index (κ2) is 12.1. The molecule has 35 heavy (non-hydrogen) atoms. The Kier molecular flexibility index (Phi) is 9.20. The van der Waals surface area contributed by atoms with Gasteiger partial charge in [-0.1, -0.05) is 18.2 Å². The van der Waals surface area contributed by atoms with Gasteiger partial charge < -0.3 is 23.9 Å². The zero-order chi connectivity index (χ0) is 25.4. The number of aromatic nitrogens is 4. The first-order valence-corrected chi connectivity index (χ1v) is 13.3. The summed E-state index contributed by atoms with van der Waals surface area (Å²) in [4.78, 5) is 25.3. The lowest BCUT2D eigenvalue weighted by atomic mass is 10.3. The highest BCUT2D eigenvalue weighted by atomic mass is 31.2. The second-order valence-corrected chi connectivity index (χ2v) is 10.4. The average Bonchev–Trinajstić information content (AvgIpc) is 3.22. The van der Waals surface area contributed by atoms with E-state index in [0.29, 0.717) is 35.8 Å². The molecule has 2 heterocycles. The maximum Gasteiger partial charge on any atom is 0.342 e. The van der Waals surface area contributed by atoms with Crippen LogP contribution in [-0.4, -0.2) is 56.6 Å². The molecule has 3 rings (SSSR count). The predicted molar refractivity (Wildman–Crippen MR) is 133 cm³/mol. The van der Waals surface area contributed by atoms with Gasteiger partial charge >= 0.3 is 13.5 Å². The number of para-hydroxylation sites is 1. The highest BCUT2D eigenvalue weighted by Crippen LogP contribution is 2.44. The zero-order valence-corrected chi connectivity index (χ0v) is 21.6. The minimum absolute atomic E-state index is 0.257. The molecule has 2 N–H and O–H groups in total. The van der Waals surface area contributed by atoms with E-state index in [2.05, 4.69) is 25.4 Å². The Morgan fingerprint density at radius 2 is 1.86 bits per heavy atom. The number of esters is 1. The SMILES string of the molecule is CCNc1ncnc2c1ncn2C[C@@H](C)OC[P@@](=O)(N[C@H](C)C(=O)OC(C)C)Oc1ccccc1. The number of hydrogen-bond donors (Lipinski definition) is 2. The molecule has 12 heteroatoms. The van der Waals surface area contributed by atoms with Crippen LogP contribution in [0.4, 0.5) is 5.82 Å². The Morgan fingerprint density at radius 1 is 1.11 bits per heavy atom. The molecular formula is C23H33N6O5P.